The second-order valence-electron chi connectivity index (χ2n) is 4.27. The van der Waals surface area contributed by atoms with E-state index in [0.717, 1.165) is 26.4 Å². The monoisotopic (exact) mass is 402 g/mol. The Morgan fingerprint density at radius 3 is 2.32 bits per heavy atom. The van der Waals surface area contributed by atoms with Gasteiger partial charge in [-0.15, -0.1) is 0 Å². The summed E-state index contributed by atoms with van der Waals surface area (Å²) in [4.78, 5) is 0.130. The van der Waals surface area contributed by atoms with Crippen LogP contribution in [0.3, 0.4) is 0 Å². The standard InChI is InChI=1S/C15H13Br2ClO/c1-9-7-10(4-6-14(9)19-2)15(17)11-3-5-13(18)12(16)8-11/h3-8,15H,1-2H3. The second kappa shape index (κ2) is 6.29. The highest BCUT2D eigenvalue weighted by Gasteiger charge is 2.13. The molecule has 0 aliphatic heterocycles. The molecule has 0 amide bonds. The third kappa shape index (κ3) is 3.33. The highest BCUT2D eigenvalue weighted by molar-refractivity contribution is 9.10. The quantitative estimate of drug-likeness (QED) is 0.579. The Labute approximate surface area is 135 Å². The van der Waals surface area contributed by atoms with Gasteiger partial charge in [0.25, 0.3) is 0 Å². The zero-order chi connectivity index (χ0) is 14.0. The molecule has 2 aromatic rings. The summed E-state index contributed by atoms with van der Waals surface area (Å²) in [5, 5.41) is 0.717. The summed E-state index contributed by atoms with van der Waals surface area (Å²) in [6.45, 7) is 2.04. The number of methoxy groups -OCH3 is 1. The predicted molar refractivity (Wildman–Crippen MR) is 87.7 cm³/mol. The molecule has 1 unspecified atom stereocenters. The molecule has 1 nitrogen and oxygen atoms in total. The van der Waals surface area contributed by atoms with E-state index in [1.807, 2.05) is 31.2 Å². The fourth-order valence-corrected chi connectivity index (χ4v) is 3.01. The minimum Gasteiger partial charge on any atom is -0.496 e. The van der Waals surface area contributed by atoms with Crippen LogP contribution in [0.1, 0.15) is 21.5 Å². The van der Waals surface area contributed by atoms with E-state index in [9.17, 15) is 0 Å². The highest BCUT2D eigenvalue weighted by Crippen LogP contribution is 2.35. The molecule has 0 spiro atoms. The first-order valence-corrected chi connectivity index (χ1v) is 7.85. The smallest absolute Gasteiger partial charge is 0.121 e. The SMILES string of the molecule is COc1ccc(C(Br)c2ccc(Cl)c(Br)c2)cc1C. The Bertz CT molecular complexity index is 599. The molecule has 0 heterocycles. The summed E-state index contributed by atoms with van der Waals surface area (Å²) in [7, 11) is 1.68. The lowest BCUT2D eigenvalue weighted by molar-refractivity contribution is 0.411. The molecule has 0 fully saturated rings. The maximum atomic E-state index is 6.02. The van der Waals surface area contributed by atoms with Crippen molar-refractivity contribution in [2.24, 2.45) is 0 Å². The molecule has 2 aromatic carbocycles. The van der Waals surface area contributed by atoms with Gasteiger partial charge in [0.2, 0.25) is 0 Å². The van der Waals surface area contributed by atoms with Gasteiger partial charge in [-0.25, -0.2) is 0 Å². The van der Waals surface area contributed by atoms with Crippen molar-refractivity contribution in [1.82, 2.24) is 0 Å². The van der Waals surface area contributed by atoms with Gasteiger partial charge in [-0.05, 0) is 57.7 Å². The second-order valence-corrected chi connectivity index (χ2v) is 6.44. The van der Waals surface area contributed by atoms with Crippen molar-refractivity contribution in [3.05, 3.63) is 62.6 Å². The van der Waals surface area contributed by atoms with Crippen LogP contribution in [0.4, 0.5) is 0 Å². The van der Waals surface area contributed by atoms with Gasteiger partial charge in [0.15, 0.2) is 0 Å². The van der Waals surface area contributed by atoms with Gasteiger partial charge in [0.1, 0.15) is 5.75 Å². The zero-order valence-corrected chi connectivity index (χ0v) is 14.5. The summed E-state index contributed by atoms with van der Waals surface area (Å²) in [6.07, 6.45) is 0. The first-order valence-electron chi connectivity index (χ1n) is 5.76. The number of aryl methyl sites for hydroxylation is 1. The van der Waals surface area contributed by atoms with E-state index in [1.165, 1.54) is 5.56 Å². The minimum atomic E-state index is 0.130. The molecule has 0 saturated heterocycles. The fourth-order valence-electron chi connectivity index (χ4n) is 1.92. The molecule has 0 aliphatic carbocycles. The Balaban J connectivity index is 2.35. The lowest BCUT2D eigenvalue weighted by Gasteiger charge is -2.14. The van der Waals surface area contributed by atoms with Crippen LogP contribution in [-0.2, 0) is 0 Å². The van der Waals surface area contributed by atoms with Crippen molar-refractivity contribution in [3.8, 4) is 5.75 Å². The molecule has 19 heavy (non-hydrogen) atoms. The van der Waals surface area contributed by atoms with Gasteiger partial charge in [-0.3, -0.25) is 0 Å². The Morgan fingerprint density at radius 1 is 1.11 bits per heavy atom. The largest absolute Gasteiger partial charge is 0.496 e. The van der Waals surface area contributed by atoms with E-state index in [-0.39, 0.29) is 4.83 Å². The molecular formula is C15H13Br2ClO. The molecule has 1 atom stereocenters. The van der Waals surface area contributed by atoms with Crippen LogP contribution in [0.15, 0.2) is 40.9 Å². The number of alkyl halides is 1. The van der Waals surface area contributed by atoms with E-state index >= 15 is 0 Å². The van der Waals surface area contributed by atoms with Gasteiger partial charge in [0, 0.05) is 4.47 Å². The third-order valence-corrected chi connectivity index (χ3v) is 5.22. The lowest BCUT2D eigenvalue weighted by atomic mass is 10.0. The topological polar surface area (TPSA) is 9.23 Å². The number of benzene rings is 2. The molecule has 0 bridgehead atoms. The number of ether oxygens (including phenoxy) is 1. The van der Waals surface area contributed by atoms with Crippen molar-refractivity contribution >= 4 is 43.5 Å². The van der Waals surface area contributed by atoms with E-state index < -0.39 is 0 Å². The first-order chi connectivity index (χ1) is 9.02. The summed E-state index contributed by atoms with van der Waals surface area (Å²) in [5.74, 6) is 0.903. The van der Waals surface area contributed by atoms with E-state index in [4.69, 9.17) is 16.3 Å². The molecule has 4 heteroatoms. The third-order valence-electron chi connectivity index (χ3n) is 2.95. The van der Waals surface area contributed by atoms with Crippen molar-refractivity contribution in [3.63, 3.8) is 0 Å². The number of hydrogen-bond acceptors (Lipinski definition) is 1. The van der Waals surface area contributed by atoms with Crippen molar-refractivity contribution < 1.29 is 4.74 Å². The van der Waals surface area contributed by atoms with Crippen LogP contribution in [-0.4, -0.2) is 7.11 Å². The van der Waals surface area contributed by atoms with Gasteiger partial charge in [0.05, 0.1) is 17.0 Å². The maximum Gasteiger partial charge on any atom is 0.121 e. The molecule has 0 saturated carbocycles. The van der Waals surface area contributed by atoms with Crippen molar-refractivity contribution in [2.75, 3.05) is 7.11 Å². The van der Waals surface area contributed by atoms with Gasteiger partial charge in [-0.1, -0.05) is 45.7 Å². The summed E-state index contributed by atoms with van der Waals surface area (Å²) in [6, 6.07) is 12.1. The van der Waals surface area contributed by atoms with Crippen LogP contribution in [0.2, 0.25) is 5.02 Å². The number of rotatable bonds is 3. The predicted octanol–water partition coefficient (Wildman–Crippen LogP) is 5.90. The maximum absolute atomic E-state index is 6.02. The average molecular weight is 405 g/mol. The van der Waals surface area contributed by atoms with Crippen molar-refractivity contribution in [2.45, 2.75) is 11.8 Å². The zero-order valence-electron chi connectivity index (χ0n) is 10.6. The summed E-state index contributed by atoms with van der Waals surface area (Å²) >= 11 is 13.2. The molecule has 100 valence electrons. The Morgan fingerprint density at radius 2 is 1.74 bits per heavy atom. The van der Waals surface area contributed by atoms with Crippen LogP contribution in [0, 0.1) is 6.92 Å². The minimum absolute atomic E-state index is 0.130. The van der Waals surface area contributed by atoms with Crippen LogP contribution in [0.25, 0.3) is 0 Å². The summed E-state index contributed by atoms with van der Waals surface area (Å²) in [5.41, 5.74) is 3.46. The lowest BCUT2D eigenvalue weighted by Crippen LogP contribution is -1.95. The molecular weight excluding hydrogens is 391 g/mol. The van der Waals surface area contributed by atoms with Gasteiger partial charge < -0.3 is 4.74 Å². The van der Waals surface area contributed by atoms with Crippen LogP contribution >= 0.6 is 43.5 Å². The normalized spacial score (nSPS) is 12.3. The molecule has 2 rings (SSSR count). The average Bonchev–Trinajstić information content (AvgIpc) is 2.41. The van der Waals surface area contributed by atoms with Gasteiger partial charge >= 0.3 is 0 Å². The highest BCUT2D eigenvalue weighted by atomic mass is 79.9. The Kier molecular flexibility index (Phi) is 4.93. The van der Waals surface area contributed by atoms with E-state index in [1.54, 1.807) is 7.11 Å². The van der Waals surface area contributed by atoms with Crippen molar-refractivity contribution in [1.29, 1.82) is 0 Å². The molecule has 0 aliphatic rings. The molecule has 0 radical (unpaired) electrons. The van der Waals surface area contributed by atoms with E-state index in [0.29, 0.717) is 0 Å². The van der Waals surface area contributed by atoms with Crippen LogP contribution in [0.5, 0.6) is 5.75 Å². The number of hydrogen-bond donors (Lipinski definition) is 0. The fraction of sp³-hybridized carbons (Fsp3) is 0.200. The molecule has 0 N–H and O–H groups in total. The number of halogens is 3. The molecule has 0 aromatic heterocycles. The first kappa shape index (κ1) is 14.9. The van der Waals surface area contributed by atoms with Crippen LogP contribution < -0.4 is 4.74 Å². The van der Waals surface area contributed by atoms with Gasteiger partial charge in [-0.2, -0.15) is 0 Å². The Hall–Kier alpha value is -0.510. The summed E-state index contributed by atoms with van der Waals surface area (Å²) < 4.78 is 6.18. The van der Waals surface area contributed by atoms with E-state index in [2.05, 4.69) is 44.0 Å².